The molecule has 0 spiro atoms. The van der Waals surface area contributed by atoms with E-state index in [2.05, 4.69) is 29.0 Å². The summed E-state index contributed by atoms with van der Waals surface area (Å²) in [5, 5.41) is 6.18. The molecule has 0 radical (unpaired) electrons. The minimum Gasteiger partial charge on any atom is -0.349 e. The summed E-state index contributed by atoms with van der Waals surface area (Å²) in [7, 11) is 0. The van der Waals surface area contributed by atoms with Crippen molar-refractivity contribution >= 4 is 39.2 Å². The Hall–Kier alpha value is -2.38. The molecule has 7 heteroatoms. The van der Waals surface area contributed by atoms with Crippen molar-refractivity contribution in [2.75, 3.05) is 5.75 Å². The number of amides is 1. The first-order valence-electron chi connectivity index (χ1n) is 9.26. The van der Waals surface area contributed by atoms with Crippen molar-refractivity contribution in [1.82, 2.24) is 14.9 Å². The summed E-state index contributed by atoms with van der Waals surface area (Å²) < 4.78 is 1.58. The molecule has 0 aliphatic heterocycles. The maximum Gasteiger partial charge on any atom is 0.263 e. The molecule has 4 rings (SSSR count). The van der Waals surface area contributed by atoms with Crippen LogP contribution in [-0.2, 0) is 17.8 Å². The van der Waals surface area contributed by atoms with Crippen LogP contribution in [0.15, 0.2) is 58.3 Å². The second-order valence-electron chi connectivity index (χ2n) is 6.74. The highest BCUT2D eigenvalue weighted by atomic mass is 32.2. The number of fused-ring (bicyclic) bond motifs is 2. The van der Waals surface area contributed by atoms with E-state index in [1.165, 1.54) is 34.2 Å². The van der Waals surface area contributed by atoms with Gasteiger partial charge in [-0.15, -0.1) is 17.9 Å². The Balaban J connectivity index is 1.49. The van der Waals surface area contributed by atoms with E-state index < -0.39 is 0 Å². The Morgan fingerprint density at radius 2 is 2.25 bits per heavy atom. The molecule has 3 aromatic rings. The average molecular weight is 412 g/mol. The van der Waals surface area contributed by atoms with Gasteiger partial charge in [-0.05, 0) is 41.8 Å². The Labute approximate surface area is 171 Å². The fraction of sp³-hybridized carbons (Fsp3) is 0.286. The lowest BCUT2D eigenvalue weighted by Crippen LogP contribution is -2.32. The minimum atomic E-state index is -0.0877. The van der Waals surface area contributed by atoms with Crippen LogP contribution in [0.4, 0.5) is 0 Å². The Morgan fingerprint density at radius 1 is 1.39 bits per heavy atom. The van der Waals surface area contributed by atoms with E-state index in [0.29, 0.717) is 21.9 Å². The zero-order valence-electron chi connectivity index (χ0n) is 15.4. The average Bonchev–Trinajstić information content (AvgIpc) is 3.18. The smallest absolute Gasteiger partial charge is 0.263 e. The molecule has 1 aliphatic rings. The molecule has 144 valence electrons. The number of aromatic nitrogens is 2. The molecule has 0 saturated heterocycles. The van der Waals surface area contributed by atoms with Crippen LogP contribution in [0.1, 0.15) is 30.0 Å². The second kappa shape index (κ2) is 8.32. The zero-order valence-corrected chi connectivity index (χ0v) is 17.0. The van der Waals surface area contributed by atoms with E-state index in [0.717, 1.165) is 19.3 Å². The molecule has 5 nitrogen and oxygen atoms in total. The molecule has 1 amide bonds. The molecule has 28 heavy (non-hydrogen) atoms. The molecule has 1 aromatic carbocycles. The van der Waals surface area contributed by atoms with Gasteiger partial charge < -0.3 is 5.32 Å². The topological polar surface area (TPSA) is 64.0 Å². The molecule has 2 aromatic heterocycles. The molecule has 1 unspecified atom stereocenters. The number of nitrogens with zero attached hydrogens (tertiary/aromatic N) is 2. The van der Waals surface area contributed by atoms with E-state index in [4.69, 9.17) is 0 Å². The van der Waals surface area contributed by atoms with E-state index in [1.54, 1.807) is 16.7 Å². The van der Waals surface area contributed by atoms with Gasteiger partial charge in [0, 0.05) is 6.54 Å². The van der Waals surface area contributed by atoms with Crippen molar-refractivity contribution < 1.29 is 4.79 Å². The summed E-state index contributed by atoms with van der Waals surface area (Å²) in [5.41, 5.74) is 2.44. The fourth-order valence-electron chi connectivity index (χ4n) is 3.60. The van der Waals surface area contributed by atoms with E-state index in [9.17, 15) is 9.59 Å². The Bertz CT molecular complexity index is 1090. The molecule has 1 atom stereocenters. The number of aryl methyl sites for hydroxylation is 1. The number of benzene rings is 1. The number of nitrogens with one attached hydrogen (secondary N) is 1. The van der Waals surface area contributed by atoms with Gasteiger partial charge in [-0.1, -0.05) is 42.1 Å². The van der Waals surface area contributed by atoms with Gasteiger partial charge in [-0.25, -0.2) is 4.98 Å². The molecule has 1 N–H and O–H groups in total. The maximum absolute atomic E-state index is 12.7. The van der Waals surface area contributed by atoms with Crippen molar-refractivity contribution in [2.24, 2.45) is 0 Å². The molecule has 0 bridgehead atoms. The number of hydrogen-bond donors (Lipinski definition) is 1. The SMILES string of the molecule is C=CCn1c(SCC(=O)NC2CCCc3ccccc32)nc2sccc2c1=O. The van der Waals surface area contributed by atoms with Crippen LogP contribution in [0.5, 0.6) is 0 Å². The van der Waals surface area contributed by atoms with Gasteiger partial charge in [0.25, 0.3) is 5.56 Å². The molecule has 0 fully saturated rings. The molecule has 0 saturated carbocycles. The standard InChI is InChI=1S/C21H21N3O2S2/c1-2-11-24-20(26)16-10-12-27-19(16)23-21(24)28-13-18(25)22-17-9-5-7-14-6-3-4-8-15(14)17/h2-4,6,8,10,12,17H,1,5,7,9,11,13H2,(H,22,25). The predicted octanol–water partition coefficient (Wildman–Crippen LogP) is 3.93. The fourth-order valence-corrected chi connectivity index (χ4v) is 5.23. The predicted molar refractivity (Wildman–Crippen MR) is 115 cm³/mol. The third-order valence-corrected chi connectivity index (χ3v) is 6.68. The monoisotopic (exact) mass is 411 g/mol. The highest BCUT2D eigenvalue weighted by Crippen LogP contribution is 2.29. The summed E-state index contributed by atoms with van der Waals surface area (Å²) in [6.07, 6.45) is 4.76. The minimum absolute atomic E-state index is 0.0441. The first-order chi connectivity index (χ1) is 13.7. The van der Waals surface area contributed by atoms with Gasteiger partial charge in [-0.3, -0.25) is 14.2 Å². The Kier molecular flexibility index (Phi) is 5.64. The van der Waals surface area contributed by atoms with Crippen LogP contribution < -0.4 is 10.9 Å². The lowest BCUT2D eigenvalue weighted by Gasteiger charge is -2.26. The van der Waals surface area contributed by atoms with Gasteiger partial charge in [-0.2, -0.15) is 0 Å². The van der Waals surface area contributed by atoms with Crippen LogP contribution in [0.3, 0.4) is 0 Å². The van der Waals surface area contributed by atoms with E-state index in [1.807, 2.05) is 17.5 Å². The third-order valence-electron chi connectivity index (χ3n) is 4.90. The van der Waals surface area contributed by atoms with Crippen molar-refractivity contribution in [3.05, 3.63) is 69.8 Å². The zero-order chi connectivity index (χ0) is 19.5. The van der Waals surface area contributed by atoms with Crippen LogP contribution in [0, 0.1) is 0 Å². The van der Waals surface area contributed by atoms with Gasteiger partial charge in [0.15, 0.2) is 5.16 Å². The number of rotatable bonds is 6. The number of carbonyl (C=O) groups excluding carboxylic acids is 1. The summed E-state index contributed by atoms with van der Waals surface area (Å²) in [6, 6.07) is 10.1. The molecular formula is C21H21N3O2S2. The second-order valence-corrected chi connectivity index (χ2v) is 8.58. The van der Waals surface area contributed by atoms with E-state index >= 15 is 0 Å². The van der Waals surface area contributed by atoms with Crippen LogP contribution in [-0.4, -0.2) is 21.2 Å². The summed E-state index contributed by atoms with van der Waals surface area (Å²) >= 11 is 2.73. The van der Waals surface area contributed by atoms with Gasteiger partial charge in [0.05, 0.1) is 17.2 Å². The Morgan fingerprint density at radius 3 is 3.11 bits per heavy atom. The number of hydrogen-bond acceptors (Lipinski definition) is 5. The number of thioether (sulfide) groups is 1. The van der Waals surface area contributed by atoms with Crippen LogP contribution in [0.25, 0.3) is 10.2 Å². The quantitative estimate of drug-likeness (QED) is 0.379. The summed E-state index contributed by atoms with van der Waals surface area (Å²) in [6.45, 7) is 4.10. The van der Waals surface area contributed by atoms with Crippen LogP contribution in [0.2, 0.25) is 0 Å². The lowest BCUT2D eigenvalue weighted by atomic mass is 9.88. The first-order valence-corrected chi connectivity index (χ1v) is 11.1. The van der Waals surface area contributed by atoms with Crippen molar-refractivity contribution in [3.63, 3.8) is 0 Å². The van der Waals surface area contributed by atoms with Crippen molar-refractivity contribution in [1.29, 1.82) is 0 Å². The number of allylic oxidation sites excluding steroid dienone is 1. The lowest BCUT2D eigenvalue weighted by molar-refractivity contribution is -0.119. The third kappa shape index (κ3) is 3.77. The van der Waals surface area contributed by atoms with Gasteiger partial charge in [0.2, 0.25) is 5.91 Å². The molecule has 1 aliphatic carbocycles. The van der Waals surface area contributed by atoms with Gasteiger partial charge >= 0.3 is 0 Å². The molecular weight excluding hydrogens is 390 g/mol. The first kappa shape index (κ1) is 19.0. The summed E-state index contributed by atoms with van der Waals surface area (Å²) in [5.74, 6) is 0.177. The normalized spacial score (nSPS) is 15.9. The number of carbonyl (C=O) groups is 1. The van der Waals surface area contributed by atoms with Gasteiger partial charge in [0.1, 0.15) is 4.83 Å². The largest absolute Gasteiger partial charge is 0.349 e. The molecule has 2 heterocycles. The highest BCUT2D eigenvalue weighted by molar-refractivity contribution is 7.99. The van der Waals surface area contributed by atoms with Crippen LogP contribution >= 0.6 is 23.1 Å². The highest BCUT2D eigenvalue weighted by Gasteiger charge is 2.22. The number of thiophene rings is 1. The maximum atomic E-state index is 12.7. The van der Waals surface area contributed by atoms with Crippen molar-refractivity contribution in [3.8, 4) is 0 Å². The summed E-state index contributed by atoms with van der Waals surface area (Å²) in [4.78, 5) is 30.6. The van der Waals surface area contributed by atoms with E-state index in [-0.39, 0.29) is 23.3 Å². The van der Waals surface area contributed by atoms with Crippen molar-refractivity contribution in [2.45, 2.75) is 37.0 Å².